The number of ether oxygens (including phenoxy) is 1. The van der Waals surface area contributed by atoms with E-state index in [1.165, 1.54) is 0 Å². The molecule has 3 unspecified atom stereocenters. The van der Waals surface area contributed by atoms with Crippen LogP contribution >= 0.6 is 0 Å². The summed E-state index contributed by atoms with van der Waals surface area (Å²) in [5.41, 5.74) is 2.18. The first-order valence-corrected chi connectivity index (χ1v) is 9.31. The molecule has 3 aliphatic rings. The van der Waals surface area contributed by atoms with Gasteiger partial charge in [-0.3, -0.25) is 4.79 Å². The maximum Gasteiger partial charge on any atom is 0.317 e. The van der Waals surface area contributed by atoms with Crippen molar-refractivity contribution < 1.29 is 14.6 Å². The topological polar surface area (TPSA) is 46.5 Å². The maximum atomic E-state index is 12.3. The highest BCUT2D eigenvalue weighted by Gasteiger charge is 3.02. The summed E-state index contributed by atoms with van der Waals surface area (Å²) < 4.78 is 5.75. The van der Waals surface area contributed by atoms with Crippen LogP contribution in [0.4, 0.5) is 0 Å². The molecule has 25 heavy (non-hydrogen) atoms. The second-order valence-corrected chi connectivity index (χ2v) is 11.1. The third-order valence-corrected chi connectivity index (χ3v) is 6.90. The summed E-state index contributed by atoms with van der Waals surface area (Å²) >= 11 is 0. The number of benzene rings is 1. The normalized spacial score (nSPS) is 35.0. The maximum absolute atomic E-state index is 12.3. The molecule has 0 bridgehead atoms. The van der Waals surface area contributed by atoms with Gasteiger partial charge in [-0.05, 0) is 33.9 Å². The van der Waals surface area contributed by atoms with Crippen LogP contribution in [0.1, 0.15) is 84.4 Å². The van der Waals surface area contributed by atoms with Crippen LogP contribution in [0.25, 0.3) is 0 Å². The van der Waals surface area contributed by atoms with Crippen LogP contribution in [0.5, 0.6) is 5.75 Å². The Labute approximate surface area is 150 Å². The van der Waals surface area contributed by atoms with Gasteiger partial charge in [-0.15, -0.1) is 0 Å². The zero-order valence-corrected chi connectivity index (χ0v) is 16.7. The molecular weight excluding hydrogens is 312 g/mol. The molecule has 1 saturated heterocycles. The van der Waals surface area contributed by atoms with E-state index < -0.39 is 0 Å². The smallest absolute Gasteiger partial charge is 0.317 e. The van der Waals surface area contributed by atoms with Crippen LogP contribution in [-0.2, 0) is 20.4 Å². The molecule has 3 heteroatoms. The Morgan fingerprint density at radius 3 is 1.80 bits per heavy atom. The lowest BCUT2D eigenvalue weighted by Crippen LogP contribution is -2.63. The molecular formula is C22H30O3. The van der Waals surface area contributed by atoms with Crippen molar-refractivity contribution in [1.82, 2.24) is 0 Å². The zero-order valence-electron chi connectivity index (χ0n) is 16.7. The fourth-order valence-corrected chi connectivity index (χ4v) is 5.76. The minimum atomic E-state index is -0.307. The van der Waals surface area contributed by atoms with E-state index >= 15 is 0 Å². The second-order valence-electron chi connectivity index (χ2n) is 11.1. The SMILES string of the molecule is CC(C)(C)c1cc(C2C34CC(C)(C)C23OC4=O)cc(C(C)(C)C)c1O. The molecule has 3 fully saturated rings. The van der Waals surface area contributed by atoms with Crippen molar-refractivity contribution >= 4 is 5.97 Å². The summed E-state index contributed by atoms with van der Waals surface area (Å²) in [7, 11) is 0. The molecule has 1 heterocycles. The number of esters is 1. The third-order valence-electron chi connectivity index (χ3n) is 6.90. The van der Waals surface area contributed by atoms with Crippen molar-refractivity contribution in [2.24, 2.45) is 10.8 Å². The number of carbonyl (C=O) groups is 1. The van der Waals surface area contributed by atoms with E-state index in [-0.39, 0.29) is 39.1 Å². The minimum absolute atomic E-state index is 0.0282. The van der Waals surface area contributed by atoms with Gasteiger partial charge >= 0.3 is 5.97 Å². The first-order chi connectivity index (χ1) is 11.2. The zero-order chi connectivity index (χ0) is 18.8. The number of phenols is 1. The van der Waals surface area contributed by atoms with Crippen LogP contribution in [0.2, 0.25) is 0 Å². The van der Waals surface area contributed by atoms with Crippen molar-refractivity contribution in [2.45, 2.75) is 84.2 Å². The summed E-state index contributed by atoms with van der Waals surface area (Å²) in [6.07, 6.45) is 0.903. The highest BCUT2D eigenvalue weighted by atomic mass is 16.6. The van der Waals surface area contributed by atoms with Crippen molar-refractivity contribution in [1.29, 1.82) is 0 Å². The Bertz CT molecular complexity index is 771. The van der Waals surface area contributed by atoms with Gasteiger partial charge in [0.25, 0.3) is 0 Å². The highest BCUT2D eigenvalue weighted by molar-refractivity contribution is 5.98. The van der Waals surface area contributed by atoms with Gasteiger partial charge in [-0.1, -0.05) is 67.5 Å². The van der Waals surface area contributed by atoms with Crippen molar-refractivity contribution in [3.63, 3.8) is 0 Å². The molecule has 3 atom stereocenters. The Hall–Kier alpha value is -1.51. The van der Waals surface area contributed by atoms with Crippen LogP contribution < -0.4 is 0 Å². The van der Waals surface area contributed by atoms with Crippen molar-refractivity contribution in [3.8, 4) is 5.75 Å². The van der Waals surface area contributed by atoms with Gasteiger partial charge < -0.3 is 9.84 Å². The van der Waals surface area contributed by atoms with Crippen molar-refractivity contribution in [2.75, 3.05) is 0 Å². The van der Waals surface area contributed by atoms with Crippen LogP contribution in [-0.4, -0.2) is 16.7 Å². The average Bonchev–Trinajstić information content (AvgIpc) is 2.80. The van der Waals surface area contributed by atoms with E-state index in [9.17, 15) is 9.90 Å². The van der Waals surface area contributed by atoms with Gasteiger partial charge in [-0.25, -0.2) is 0 Å². The molecule has 1 aliphatic heterocycles. The molecule has 3 nitrogen and oxygen atoms in total. The number of carbonyl (C=O) groups excluding carboxylic acids is 1. The van der Waals surface area contributed by atoms with Crippen LogP contribution in [0.3, 0.4) is 0 Å². The molecule has 0 radical (unpaired) electrons. The Morgan fingerprint density at radius 2 is 1.52 bits per heavy atom. The van der Waals surface area contributed by atoms with Crippen LogP contribution in [0.15, 0.2) is 12.1 Å². The molecule has 0 aromatic heterocycles. The summed E-state index contributed by atoms with van der Waals surface area (Å²) in [6, 6.07) is 4.24. The number of hydrogen-bond acceptors (Lipinski definition) is 3. The standard InChI is InChI=1S/C22H30O3/c1-18(2,3)13-9-12(10-14(15(13)23)19(4,5)6)16-21-11-20(7,8)22(16,21)25-17(21)24/h9-10,16,23H,11H2,1-8H3. The van der Waals surface area contributed by atoms with E-state index in [0.717, 1.165) is 23.1 Å². The predicted octanol–water partition coefficient (Wildman–Crippen LogP) is 4.80. The molecule has 1 aromatic carbocycles. The highest BCUT2D eigenvalue weighted by Crippen LogP contribution is 2.93. The first-order valence-electron chi connectivity index (χ1n) is 9.31. The monoisotopic (exact) mass is 342 g/mol. The van der Waals surface area contributed by atoms with E-state index in [4.69, 9.17) is 4.74 Å². The van der Waals surface area contributed by atoms with Gasteiger partial charge in [-0.2, -0.15) is 0 Å². The van der Waals surface area contributed by atoms with E-state index in [0.29, 0.717) is 5.75 Å². The lowest BCUT2D eigenvalue weighted by atomic mass is 9.59. The lowest BCUT2D eigenvalue weighted by molar-refractivity contribution is -0.237. The van der Waals surface area contributed by atoms with Gasteiger partial charge in [0.15, 0.2) is 0 Å². The summed E-state index contributed by atoms with van der Waals surface area (Å²) in [5.74, 6) is 0.496. The molecule has 1 aromatic rings. The number of phenolic OH excluding ortho intramolecular Hbond substituents is 1. The summed E-state index contributed by atoms with van der Waals surface area (Å²) in [6.45, 7) is 17.1. The van der Waals surface area contributed by atoms with Gasteiger partial charge in [0.05, 0.1) is 0 Å². The van der Waals surface area contributed by atoms with Gasteiger partial charge in [0, 0.05) is 11.3 Å². The Kier molecular flexibility index (Phi) is 2.76. The van der Waals surface area contributed by atoms with E-state index in [1.807, 2.05) is 0 Å². The third kappa shape index (κ3) is 1.66. The molecule has 2 saturated carbocycles. The van der Waals surface area contributed by atoms with Gasteiger partial charge in [0.2, 0.25) is 0 Å². The summed E-state index contributed by atoms with van der Waals surface area (Å²) in [4.78, 5) is 12.3. The fourth-order valence-electron chi connectivity index (χ4n) is 5.76. The molecule has 0 spiro atoms. The number of hydrogen-bond donors (Lipinski definition) is 1. The van der Waals surface area contributed by atoms with E-state index in [1.54, 1.807) is 0 Å². The number of rotatable bonds is 1. The number of aromatic hydroxyl groups is 1. The predicted molar refractivity (Wildman–Crippen MR) is 97.9 cm³/mol. The second kappa shape index (κ2) is 4.07. The molecule has 1 N–H and O–H groups in total. The minimum Gasteiger partial charge on any atom is -0.507 e. The van der Waals surface area contributed by atoms with E-state index in [2.05, 4.69) is 67.5 Å². The molecule has 2 aliphatic carbocycles. The molecule has 0 amide bonds. The lowest BCUT2D eigenvalue weighted by Gasteiger charge is -2.54. The molecule has 4 rings (SSSR count). The summed E-state index contributed by atoms with van der Waals surface area (Å²) in [5, 5.41) is 10.9. The molecule has 136 valence electrons. The largest absolute Gasteiger partial charge is 0.507 e. The Balaban J connectivity index is 1.89. The first kappa shape index (κ1) is 16.9. The van der Waals surface area contributed by atoms with Gasteiger partial charge in [0.1, 0.15) is 16.8 Å². The fraction of sp³-hybridized carbons (Fsp3) is 0.682. The quantitative estimate of drug-likeness (QED) is 0.746. The van der Waals surface area contributed by atoms with Crippen molar-refractivity contribution in [3.05, 3.63) is 28.8 Å². The van der Waals surface area contributed by atoms with Crippen LogP contribution in [0, 0.1) is 10.8 Å². The average molecular weight is 342 g/mol. The Morgan fingerprint density at radius 1 is 1.04 bits per heavy atom.